The second-order valence-electron chi connectivity index (χ2n) is 28.1. The van der Waals surface area contributed by atoms with Crippen molar-refractivity contribution in [3.63, 3.8) is 0 Å². The van der Waals surface area contributed by atoms with E-state index in [1.807, 2.05) is 41.5 Å². The van der Waals surface area contributed by atoms with Gasteiger partial charge in [-0.15, -0.1) is 0 Å². The van der Waals surface area contributed by atoms with E-state index in [1.54, 1.807) is 74.5 Å². The Balaban J connectivity index is 3.02. The second kappa shape index (κ2) is 36.0. The Morgan fingerprint density at radius 2 is 1.02 bits per heavy atom. The number of nitrogens with one attached hydrogen (secondary N) is 4. The SMILES string of the molecule is C/C=C/CC(C)C(O)[C@H]1C(=O)N[C@@H](CC)C(=O)N(C)CC(=O)N(C)[C@@H](CC(C)(C)OC(=O)N2CCC2)C(=O)N[C@@H](C(C)C)C(=O)N(C)[C@@H](CC(C)C)C(=O)N[C@@H](C)C(=O)N[C@H](C)C(=O)N(C)[C@@H](CC(C)C)C(=O)N(C)[C@@H](CC(C)C)C(=O)N(C)[C@@H](C(C)C)C(=O)N1C. The monoisotopic (exact) mass is 1300 g/mol. The number of nitrogens with zero attached hydrogens (tertiary/aromatic N) is 8. The molecule has 524 valence electrons. The number of hydrogen-bond acceptors (Lipinski definition) is 14. The summed E-state index contributed by atoms with van der Waals surface area (Å²) in [5.41, 5.74) is -1.40. The van der Waals surface area contributed by atoms with E-state index in [0.29, 0.717) is 13.1 Å². The number of aliphatic hydroxyl groups is 1. The first-order valence-corrected chi connectivity index (χ1v) is 32.8. The van der Waals surface area contributed by atoms with Gasteiger partial charge in [0.25, 0.3) is 0 Å². The summed E-state index contributed by atoms with van der Waals surface area (Å²) in [5.74, 6) is -10.5. The number of carbonyl (C=O) groups is 12. The number of allylic oxidation sites excluding steroid dienone is 2. The van der Waals surface area contributed by atoms with E-state index < -0.39 is 167 Å². The maximum Gasteiger partial charge on any atom is 0.410 e. The topological polar surface area (TPSA) is 308 Å². The van der Waals surface area contributed by atoms with E-state index in [0.717, 1.165) is 21.1 Å². The minimum atomic E-state index is -1.65. The molecule has 2 fully saturated rings. The molecule has 2 aliphatic rings. The van der Waals surface area contributed by atoms with Crippen LogP contribution in [0.1, 0.15) is 163 Å². The van der Waals surface area contributed by atoms with Crippen LogP contribution in [0.25, 0.3) is 0 Å². The molecular weight excluding hydrogens is 1180 g/mol. The van der Waals surface area contributed by atoms with Crippen molar-refractivity contribution in [1.82, 2.24) is 60.5 Å². The van der Waals surface area contributed by atoms with Crippen molar-refractivity contribution in [2.75, 3.05) is 69.0 Å². The number of rotatable bonds is 16. The van der Waals surface area contributed by atoms with Gasteiger partial charge in [0.05, 0.1) is 12.6 Å². The summed E-state index contributed by atoms with van der Waals surface area (Å²) in [7, 11) is 9.69. The molecule has 2 heterocycles. The summed E-state index contributed by atoms with van der Waals surface area (Å²) < 4.78 is 5.90. The Bertz CT molecular complexity index is 2610. The predicted octanol–water partition coefficient (Wildman–Crippen LogP) is 3.23. The number of likely N-dealkylation sites (tertiary alicyclic amines) is 1. The van der Waals surface area contributed by atoms with E-state index in [9.17, 15) is 48.3 Å². The fraction of sp³-hybridized carbons (Fsp3) is 0.788. The molecule has 0 aromatic rings. The van der Waals surface area contributed by atoms with Crippen molar-refractivity contribution in [3.05, 3.63) is 12.2 Å². The lowest BCUT2D eigenvalue weighted by Crippen LogP contribution is -2.63. The number of aliphatic hydroxyl groups excluding tert-OH is 1. The normalized spacial score (nSPS) is 26.6. The third-order valence-corrected chi connectivity index (χ3v) is 17.5. The van der Waals surface area contributed by atoms with E-state index in [1.165, 1.54) is 87.7 Å². The fourth-order valence-electron chi connectivity index (χ4n) is 11.5. The van der Waals surface area contributed by atoms with Crippen molar-refractivity contribution in [2.24, 2.45) is 35.5 Å². The number of hydrogen-bond donors (Lipinski definition) is 5. The molecule has 26 heteroatoms. The van der Waals surface area contributed by atoms with Gasteiger partial charge in [0.15, 0.2) is 0 Å². The molecule has 92 heavy (non-hydrogen) atoms. The molecule has 0 saturated carbocycles. The molecule has 0 aromatic carbocycles. The van der Waals surface area contributed by atoms with Crippen LogP contribution in [-0.2, 0) is 57.5 Å². The third kappa shape index (κ3) is 22.1. The van der Waals surface area contributed by atoms with E-state index >= 15 is 14.4 Å². The van der Waals surface area contributed by atoms with Gasteiger partial charge in [-0.1, -0.05) is 95.2 Å². The highest BCUT2D eigenvalue weighted by Crippen LogP contribution is 2.27. The number of amides is 12. The fourth-order valence-corrected chi connectivity index (χ4v) is 11.5. The van der Waals surface area contributed by atoms with Crippen LogP contribution >= 0.6 is 0 Å². The van der Waals surface area contributed by atoms with Crippen LogP contribution in [0.15, 0.2) is 12.2 Å². The number of carbonyl (C=O) groups excluding carboxylic acids is 12. The first-order valence-electron chi connectivity index (χ1n) is 32.8. The van der Waals surface area contributed by atoms with Crippen molar-refractivity contribution in [1.29, 1.82) is 0 Å². The molecule has 0 aromatic heterocycles. The molecule has 0 spiro atoms. The highest BCUT2D eigenvalue weighted by atomic mass is 16.6. The van der Waals surface area contributed by atoms with Crippen LogP contribution in [0.4, 0.5) is 4.79 Å². The zero-order chi connectivity index (χ0) is 70.9. The molecule has 0 bridgehead atoms. The van der Waals surface area contributed by atoms with Crippen LogP contribution in [0, 0.1) is 35.5 Å². The Morgan fingerprint density at radius 1 is 0.554 bits per heavy atom. The zero-order valence-corrected chi connectivity index (χ0v) is 59.9. The van der Waals surface area contributed by atoms with E-state index in [4.69, 9.17) is 4.74 Å². The van der Waals surface area contributed by atoms with Gasteiger partial charge >= 0.3 is 6.09 Å². The molecular formula is C66H116N12O14. The molecule has 2 unspecified atom stereocenters. The molecule has 12 amide bonds. The maximum atomic E-state index is 15.2. The standard InChI is InChI=1S/C66H116N12O14/c1-25-27-29-42(13)54(80)53-58(84)69-45(26-2)60(86)71(18)36-50(79)72(19)49(35-66(16,17)92-65(91)78-30-28-31-78)57(83)70-51(40(9)10)63(89)73(20)46(32-37(3)4)56(82)67-43(14)55(81)68-44(15)59(85)74(21)47(33-38(5)6)61(87)75(22)48(34-39(7)8)62(88)76(23)52(41(11)12)64(90)77(53)24/h25,27,37-49,51-54,80H,26,28-36H2,1-24H3,(H,67,82)(H,68,81)(H,69,84)(H,70,83)/b27-25+/t42?,43-,44+,45-,46-,47-,48-,49-,51-,52-,53-,54?/m0/s1. The van der Waals surface area contributed by atoms with Gasteiger partial charge in [-0.25, -0.2) is 4.79 Å². The van der Waals surface area contributed by atoms with Gasteiger partial charge in [0, 0.05) is 68.8 Å². The van der Waals surface area contributed by atoms with Crippen molar-refractivity contribution < 1.29 is 67.4 Å². The van der Waals surface area contributed by atoms with E-state index in [2.05, 4.69) is 21.3 Å². The average Bonchev–Trinajstić information content (AvgIpc) is 0.882. The molecule has 5 N–H and O–H groups in total. The van der Waals surface area contributed by atoms with Gasteiger partial charge in [-0.3, -0.25) is 52.7 Å². The summed E-state index contributed by atoms with van der Waals surface area (Å²) in [6.07, 6.45) is 2.50. The summed E-state index contributed by atoms with van der Waals surface area (Å²) in [6.45, 7) is 29.3. The molecule has 26 nitrogen and oxygen atoms in total. The molecule has 2 rings (SSSR count). The number of ether oxygens (including phenoxy) is 1. The largest absolute Gasteiger partial charge is 0.443 e. The maximum absolute atomic E-state index is 15.2. The Morgan fingerprint density at radius 3 is 1.49 bits per heavy atom. The molecule has 12 atom stereocenters. The quantitative estimate of drug-likeness (QED) is 0.139. The van der Waals surface area contributed by atoms with Crippen LogP contribution in [0.5, 0.6) is 0 Å². The van der Waals surface area contributed by atoms with Crippen molar-refractivity contribution in [2.45, 2.75) is 235 Å². The van der Waals surface area contributed by atoms with Crippen LogP contribution < -0.4 is 21.3 Å². The lowest BCUT2D eigenvalue weighted by molar-refractivity contribution is -0.157. The smallest absolute Gasteiger partial charge is 0.410 e. The first kappa shape index (κ1) is 81.2. The summed E-state index contributed by atoms with van der Waals surface area (Å²) in [5, 5.41) is 23.1. The lowest BCUT2D eigenvalue weighted by atomic mass is 9.91. The summed E-state index contributed by atoms with van der Waals surface area (Å²) in [6, 6.07) is -13.1. The van der Waals surface area contributed by atoms with Crippen molar-refractivity contribution in [3.8, 4) is 0 Å². The predicted molar refractivity (Wildman–Crippen MR) is 350 cm³/mol. The first-order chi connectivity index (χ1) is 42.5. The Labute approximate surface area is 548 Å². The third-order valence-electron chi connectivity index (χ3n) is 17.5. The van der Waals surface area contributed by atoms with Crippen LogP contribution in [-0.4, -0.2) is 256 Å². The molecule has 2 aliphatic heterocycles. The zero-order valence-electron chi connectivity index (χ0n) is 59.9. The van der Waals surface area contributed by atoms with Gasteiger partial charge in [-0.05, 0) is 109 Å². The van der Waals surface area contributed by atoms with Crippen LogP contribution in [0.2, 0.25) is 0 Å². The average molecular weight is 1300 g/mol. The lowest BCUT2D eigenvalue weighted by Gasteiger charge is -2.41. The second-order valence-corrected chi connectivity index (χ2v) is 28.1. The molecule has 0 aliphatic carbocycles. The minimum absolute atomic E-state index is 0.0295. The van der Waals surface area contributed by atoms with Crippen LogP contribution in [0.3, 0.4) is 0 Å². The molecule has 2 saturated heterocycles. The Kier molecular flexibility index (Phi) is 31.8. The van der Waals surface area contributed by atoms with Gasteiger partial charge < -0.3 is 70.3 Å². The highest BCUT2D eigenvalue weighted by molar-refractivity contribution is 5.99. The van der Waals surface area contributed by atoms with Crippen molar-refractivity contribution >= 4 is 71.1 Å². The Hall–Kier alpha value is -6.86. The minimum Gasteiger partial charge on any atom is -0.443 e. The van der Waals surface area contributed by atoms with Gasteiger partial charge in [-0.2, -0.15) is 0 Å². The summed E-state index contributed by atoms with van der Waals surface area (Å²) in [4.78, 5) is 185. The van der Waals surface area contributed by atoms with Gasteiger partial charge in [0.1, 0.15) is 66.0 Å². The highest BCUT2D eigenvalue weighted by Gasteiger charge is 2.46. The molecule has 0 radical (unpaired) electrons. The van der Waals surface area contributed by atoms with Gasteiger partial charge in [0.2, 0.25) is 65.0 Å². The summed E-state index contributed by atoms with van der Waals surface area (Å²) >= 11 is 0. The van der Waals surface area contributed by atoms with E-state index in [-0.39, 0.29) is 56.3 Å². The number of likely N-dealkylation sites (N-methyl/N-ethyl adjacent to an activating group) is 7.